The highest BCUT2D eigenvalue weighted by molar-refractivity contribution is 7.98. The van der Waals surface area contributed by atoms with Crippen molar-refractivity contribution in [2.75, 3.05) is 7.11 Å². The predicted octanol–water partition coefficient (Wildman–Crippen LogP) is 4.42. The van der Waals surface area contributed by atoms with Gasteiger partial charge >= 0.3 is 0 Å². The standard InChI is InChI=1S/C21H23N5O2S2/c1-4-5-10-25-19(15-6-8-17(28-3)9-7-15)23-24-21(25)30-13-16-11-18(27)26-14(2)12-29-20(26)22-16/h6-9,11-12H,4-5,10,13H2,1-3H3. The molecule has 0 saturated carbocycles. The van der Waals surface area contributed by atoms with Crippen molar-refractivity contribution in [3.05, 3.63) is 57.5 Å². The number of rotatable bonds is 8. The second kappa shape index (κ2) is 9.01. The van der Waals surface area contributed by atoms with Crippen molar-refractivity contribution in [2.45, 2.75) is 44.1 Å². The fourth-order valence-electron chi connectivity index (χ4n) is 3.18. The number of thiazole rings is 1. The Morgan fingerprint density at radius 2 is 2.00 bits per heavy atom. The fourth-order valence-corrected chi connectivity index (χ4v) is 4.93. The van der Waals surface area contributed by atoms with Crippen molar-refractivity contribution in [1.29, 1.82) is 0 Å². The van der Waals surface area contributed by atoms with Gasteiger partial charge in [0.1, 0.15) is 5.75 Å². The van der Waals surface area contributed by atoms with E-state index in [0.29, 0.717) is 5.75 Å². The quantitative estimate of drug-likeness (QED) is 0.377. The van der Waals surface area contributed by atoms with Crippen LogP contribution in [0.3, 0.4) is 0 Å². The highest BCUT2D eigenvalue weighted by Gasteiger charge is 2.15. The Morgan fingerprint density at radius 3 is 2.73 bits per heavy atom. The van der Waals surface area contributed by atoms with E-state index < -0.39 is 0 Å². The molecule has 0 saturated heterocycles. The second-order valence-electron chi connectivity index (χ2n) is 6.91. The molecule has 0 fully saturated rings. The molecule has 30 heavy (non-hydrogen) atoms. The number of hydrogen-bond acceptors (Lipinski definition) is 7. The van der Waals surface area contributed by atoms with Gasteiger partial charge in [-0.05, 0) is 37.6 Å². The molecule has 4 rings (SSSR count). The van der Waals surface area contributed by atoms with Crippen LogP contribution in [0.4, 0.5) is 0 Å². The third-order valence-electron chi connectivity index (χ3n) is 4.78. The van der Waals surface area contributed by atoms with E-state index in [1.165, 1.54) is 11.3 Å². The SMILES string of the molecule is CCCCn1c(SCc2cc(=O)n3c(C)csc3n2)nnc1-c1ccc(OC)cc1. The number of nitrogens with zero attached hydrogens (tertiary/aromatic N) is 5. The van der Waals surface area contributed by atoms with Gasteiger partial charge in [0.05, 0.1) is 12.8 Å². The first-order valence-electron chi connectivity index (χ1n) is 9.78. The number of aromatic nitrogens is 5. The summed E-state index contributed by atoms with van der Waals surface area (Å²) in [7, 11) is 1.65. The number of unbranched alkanes of at least 4 members (excludes halogenated alkanes) is 1. The molecule has 4 aromatic rings. The molecular formula is C21H23N5O2S2. The van der Waals surface area contributed by atoms with Crippen molar-refractivity contribution in [2.24, 2.45) is 0 Å². The zero-order chi connectivity index (χ0) is 21.1. The summed E-state index contributed by atoms with van der Waals surface area (Å²) in [5, 5.41) is 11.7. The summed E-state index contributed by atoms with van der Waals surface area (Å²) in [5.74, 6) is 2.21. The lowest BCUT2D eigenvalue weighted by Crippen LogP contribution is -2.14. The van der Waals surface area contributed by atoms with Gasteiger partial charge < -0.3 is 9.30 Å². The number of methoxy groups -OCH3 is 1. The van der Waals surface area contributed by atoms with Crippen molar-refractivity contribution in [3.63, 3.8) is 0 Å². The summed E-state index contributed by atoms with van der Waals surface area (Å²) in [6, 6.07) is 9.45. The molecule has 0 unspecified atom stereocenters. The van der Waals surface area contributed by atoms with E-state index in [-0.39, 0.29) is 5.56 Å². The number of benzene rings is 1. The smallest absolute Gasteiger partial charge is 0.258 e. The van der Waals surface area contributed by atoms with Gasteiger partial charge in [0.25, 0.3) is 5.56 Å². The van der Waals surface area contributed by atoms with Crippen LogP contribution >= 0.6 is 23.1 Å². The van der Waals surface area contributed by atoms with Crippen molar-refractivity contribution >= 4 is 28.1 Å². The Balaban J connectivity index is 1.60. The molecule has 0 spiro atoms. The Hall–Kier alpha value is -2.65. The minimum Gasteiger partial charge on any atom is -0.497 e. The van der Waals surface area contributed by atoms with E-state index in [9.17, 15) is 4.79 Å². The van der Waals surface area contributed by atoms with Crippen LogP contribution < -0.4 is 10.3 Å². The number of ether oxygens (including phenoxy) is 1. The molecule has 156 valence electrons. The van der Waals surface area contributed by atoms with Crippen LogP contribution in [0.5, 0.6) is 5.75 Å². The number of aryl methyl sites for hydroxylation is 1. The zero-order valence-electron chi connectivity index (χ0n) is 17.2. The predicted molar refractivity (Wildman–Crippen MR) is 121 cm³/mol. The second-order valence-corrected chi connectivity index (χ2v) is 8.69. The monoisotopic (exact) mass is 441 g/mol. The minimum atomic E-state index is -0.0410. The topological polar surface area (TPSA) is 74.3 Å². The summed E-state index contributed by atoms with van der Waals surface area (Å²) in [5.41, 5.74) is 2.62. The average Bonchev–Trinajstić information content (AvgIpc) is 3.34. The molecule has 3 aromatic heterocycles. The van der Waals surface area contributed by atoms with Crippen LogP contribution in [0, 0.1) is 6.92 Å². The lowest BCUT2D eigenvalue weighted by atomic mass is 10.2. The Morgan fingerprint density at radius 1 is 1.20 bits per heavy atom. The van der Waals surface area contributed by atoms with Crippen LogP contribution in [0.2, 0.25) is 0 Å². The van der Waals surface area contributed by atoms with Gasteiger partial charge in [0, 0.05) is 35.0 Å². The summed E-state index contributed by atoms with van der Waals surface area (Å²) < 4.78 is 9.05. The van der Waals surface area contributed by atoms with E-state index in [2.05, 4.69) is 26.7 Å². The van der Waals surface area contributed by atoms with Crippen molar-refractivity contribution in [1.82, 2.24) is 24.1 Å². The summed E-state index contributed by atoms with van der Waals surface area (Å²) >= 11 is 3.04. The van der Waals surface area contributed by atoms with E-state index in [0.717, 1.165) is 58.0 Å². The fraction of sp³-hybridized carbons (Fsp3) is 0.333. The molecule has 9 heteroatoms. The molecule has 0 aliphatic heterocycles. The molecule has 7 nitrogen and oxygen atoms in total. The number of thioether (sulfide) groups is 1. The normalized spacial score (nSPS) is 11.3. The van der Waals surface area contributed by atoms with Gasteiger partial charge in [-0.15, -0.1) is 21.5 Å². The summed E-state index contributed by atoms with van der Waals surface area (Å²) in [4.78, 5) is 17.8. The molecule has 3 heterocycles. The molecule has 0 atom stereocenters. The van der Waals surface area contributed by atoms with Gasteiger partial charge in [0.15, 0.2) is 15.9 Å². The minimum absolute atomic E-state index is 0.0410. The molecule has 0 aliphatic carbocycles. The maximum atomic E-state index is 12.4. The largest absolute Gasteiger partial charge is 0.497 e. The summed E-state index contributed by atoms with van der Waals surface area (Å²) in [6.07, 6.45) is 2.12. The van der Waals surface area contributed by atoms with Crippen LogP contribution in [-0.2, 0) is 12.3 Å². The number of hydrogen-bond donors (Lipinski definition) is 0. The van der Waals surface area contributed by atoms with Gasteiger partial charge in [-0.3, -0.25) is 9.20 Å². The highest BCUT2D eigenvalue weighted by Crippen LogP contribution is 2.28. The molecule has 0 bridgehead atoms. The van der Waals surface area contributed by atoms with Gasteiger partial charge in [-0.2, -0.15) is 0 Å². The Kier molecular flexibility index (Phi) is 6.19. The van der Waals surface area contributed by atoms with Crippen LogP contribution in [0.15, 0.2) is 45.7 Å². The Bertz CT molecular complexity index is 1210. The van der Waals surface area contributed by atoms with Crippen LogP contribution in [0.25, 0.3) is 16.3 Å². The molecule has 1 aromatic carbocycles. The molecule has 0 radical (unpaired) electrons. The van der Waals surface area contributed by atoms with E-state index in [1.807, 2.05) is 36.6 Å². The molecule has 0 amide bonds. The van der Waals surface area contributed by atoms with Crippen LogP contribution in [-0.4, -0.2) is 31.3 Å². The first kappa shape index (κ1) is 20.6. The van der Waals surface area contributed by atoms with Crippen LogP contribution in [0.1, 0.15) is 31.2 Å². The van der Waals surface area contributed by atoms with E-state index >= 15 is 0 Å². The third kappa shape index (κ3) is 4.13. The third-order valence-corrected chi connectivity index (χ3v) is 6.72. The van der Waals surface area contributed by atoms with Crippen molar-refractivity contribution in [3.8, 4) is 17.1 Å². The lowest BCUT2D eigenvalue weighted by molar-refractivity contribution is 0.415. The van der Waals surface area contributed by atoms with E-state index in [4.69, 9.17) is 4.74 Å². The zero-order valence-corrected chi connectivity index (χ0v) is 18.8. The van der Waals surface area contributed by atoms with Gasteiger partial charge in [0.2, 0.25) is 0 Å². The Labute approximate surface area is 182 Å². The first-order chi connectivity index (χ1) is 14.6. The van der Waals surface area contributed by atoms with E-state index in [1.54, 1.807) is 29.3 Å². The van der Waals surface area contributed by atoms with Gasteiger partial charge in [-0.1, -0.05) is 25.1 Å². The maximum absolute atomic E-state index is 12.4. The number of fused-ring (bicyclic) bond motifs is 1. The van der Waals surface area contributed by atoms with Crippen molar-refractivity contribution < 1.29 is 4.74 Å². The lowest BCUT2D eigenvalue weighted by Gasteiger charge is -2.10. The first-order valence-corrected chi connectivity index (χ1v) is 11.6. The maximum Gasteiger partial charge on any atom is 0.258 e. The molecular weight excluding hydrogens is 418 g/mol. The molecule has 0 aliphatic rings. The molecule has 0 N–H and O–H groups in total. The van der Waals surface area contributed by atoms with Gasteiger partial charge in [-0.25, -0.2) is 4.98 Å². The summed E-state index contributed by atoms with van der Waals surface area (Å²) in [6.45, 7) is 4.92. The average molecular weight is 442 g/mol. The highest BCUT2D eigenvalue weighted by atomic mass is 32.2.